The third kappa shape index (κ3) is 2.28. The number of nitrogens with one attached hydrogen (secondary N) is 1. The molecule has 0 aliphatic carbocycles. The highest BCUT2D eigenvalue weighted by molar-refractivity contribution is 6.17. The zero-order valence-corrected chi connectivity index (χ0v) is 11.9. The fourth-order valence-corrected chi connectivity index (χ4v) is 3.47. The number of alkyl halides is 1. The van der Waals surface area contributed by atoms with Crippen molar-refractivity contribution in [1.82, 2.24) is 4.90 Å². The van der Waals surface area contributed by atoms with E-state index in [4.69, 9.17) is 11.6 Å². The minimum absolute atomic E-state index is 0.00999. The predicted octanol–water partition coefficient (Wildman–Crippen LogP) is 0.0576. The molecule has 2 rings (SSSR count). The molecule has 0 atom stereocenters. The fourth-order valence-electron chi connectivity index (χ4n) is 3.20. The zero-order valence-electron chi connectivity index (χ0n) is 11.2. The van der Waals surface area contributed by atoms with Crippen LogP contribution in [0.3, 0.4) is 0 Å². The van der Waals surface area contributed by atoms with Gasteiger partial charge < -0.3 is 4.90 Å². The summed E-state index contributed by atoms with van der Waals surface area (Å²) in [7, 11) is 0. The van der Waals surface area contributed by atoms with Crippen LogP contribution < -0.4 is 4.90 Å². The molecule has 0 saturated carbocycles. The second kappa shape index (κ2) is 5.17. The number of carbonyl (C=O) groups is 2. The predicted molar refractivity (Wildman–Crippen MR) is 69.6 cm³/mol. The molecule has 102 valence electrons. The van der Waals surface area contributed by atoms with Crippen LogP contribution in [-0.2, 0) is 9.59 Å². The molecule has 2 heterocycles. The second-order valence-electron chi connectivity index (χ2n) is 5.81. The van der Waals surface area contributed by atoms with Gasteiger partial charge in [-0.2, -0.15) is 0 Å². The minimum atomic E-state index is -0.392. The average Bonchev–Trinajstić information content (AvgIpc) is 2.54. The van der Waals surface area contributed by atoms with E-state index in [1.165, 1.54) is 9.80 Å². The van der Waals surface area contributed by atoms with E-state index in [-0.39, 0.29) is 17.9 Å². The Hall–Kier alpha value is -0.610. The van der Waals surface area contributed by atoms with E-state index in [2.05, 4.69) is 0 Å². The number of nitrogens with zero attached hydrogens (tertiary/aromatic N) is 1. The molecule has 2 aliphatic heterocycles. The summed E-state index contributed by atoms with van der Waals surface area (Å²) < 4.78 is 0. The van der Waals surface area contributed by atoms with Crippen molar-refractivity contribution in [2.75, 3.05) is 25.5 Å². The number of quaternary nitrogens is 1. The van der Waals surface area contributed by atoms with E-state index in [1.54, 1.807) is 0 Å². The van der Waals surface area contributed by atoms with Gasteiger partial charge >= 0.3 is 0 Å². The third-order valence-electron chi connectivity index (χ3n) is 4.31. The average molecular weight is 274 g/mol. The van der Waals surface area contributed by atoms with Gasteiger partial charge in [0.1, 0.15) is 0 Å². The Morgan fingerprint density at radius 2 is 1.94 bits per heavy atom. The lowest BCUT2D eigenvalue weighted by Gasteiger charge is -2.35. The molecule has 0 radical (unpaired) electrons. The van der Waals surface area contributed by atoms with Gasteiger partial charge in [-0.3, -0.25) is 14.5 Å². The molecule has 2 fully saturated rings. The molecule has 0 bridgehead atoms. The van der Waals surface area contributed by atoms with Gasteiger partial charge in [-0.15, -0.1) is 11.6 Å². The van der Waals surface area contributed by atoms with Crippen LogP contribution in [0.25, 0.3) is 0 Å². The molecule has 1 N–H and O–H groups in total. The maximum Gasteiger partial charge on any atom is 0.236 e. The first-order valence-electron chi connectivity index (χ1n) is 6.76. The third-order valence-corrected chi connectivity index (χ3v) is 4.50. The molecule has 1 spiro atoms. The van der Waals surface area contributed by atoms with Crippen molar-refractivity contribution in [3.63, 3.8) is 0 Å². The van der Waals surface area contributed by atoms with Crippen LogP contribution in [0.5, 0.6) is 0 Å². The Kier molecular flexibility index (Phi) is 3.97. The van der Waals surface area contributed by atoms with Gasteiger partial charge in [-0.1, -0.05) is 0 Å². The van der Waals surface area contributed by atoms with Crippen LogP contribution in [0.15, 0.2) is 0 Å². The van der Waals surface area contributed by atoms with E-state index in [1.807, 2.05) is 13.8 Å². The van der Waals surface area contributed by atoms with Crippen LogP contribution in [0, 0.1) is 5.41 Å². The Bertz CT molecular complexity index is 349. The molecule has 18 heavy (non-hydrogen) atoms. The zero-order chi connectivity index (χ0) is 13.3. The number of halogens is 1. The molecule has 0 aromatic heterocycles. The highest BCUT2D eigenvalue weighted by Crippen LogP contribution is 2.40. The second-order valence-corrected chi connectivity index (χ2v) is 6.19. The lowest BCUT2D eigenvalue weighted by molar-refractivity contribution is -0.904. The SMILES string of the molecule is CC(C)N1C(=O)CC2(CC[NH+](CCCl)CC2)C1=O. The summed E-state index contributed by atoms with van der Waals surface area (Å²) >= 11 is 5.75. The van der Waals surface area contributed by atoms with Crippen molar-refractivity contribution >= 4 is 23.4 Å². The summed E-state index contributed by atoms with van der Waals surface area (Å²) in [5.41, 5.74) is -0.392. The van der Waals surface area contributed by atoms with E-state index >= 15 is 0 Å². The quantitative estimate of drug-likeness (QED) is 0.584. The van der Waals surface area contributed by atoms with Crippen molar-refractivity contribution in [1.29, 1.82) is 0 Å². The fraction of sp³-hybridized carbons (Fsp3) is 0.846. The van der Waals surface area contributed by atoms with Crippen LogP contribution in [0.2, 0.25) is 0 Å². The maximum atomic E-state index is 12.5. The number of amides is 2. The van der Waals surface area contributed by atoms with E-state index in [9.17, 15) is 9.59 Å². The van der Waals surface area contributed by atoms with Crippen molar-refractivity contribution in [2.24, 2.45) is 5.41 Å². The number of hydrogen-bond donors (Lipinski definition) is 1. The minimum Gasteiger partial charge on any atom is -0.334 e. The van der Waals surface area contributed by atoms with Gasteiger partial charge in [0, 0.05) is 25.3 Å². The Labute approximate surface area is 113 Å². The summed E-state index contributed by atoms with van der Waals surface area (Å²) in [6.45, 7) is 6.68. The molecule has 2 aliphatic rings. The Morgan fingerprint density at radius 1 is 1.33 bits per heavy atom. The van der Waals surface area contributed by atoms with Gasteiger partial charge in [-0.25, -0.2) is 0 Å². The number of hydrogen-bond acceptors (Lipinski definition) is 2. The first-order chi connectivity index (χ1) is 8.50. The molecule has 4 nitrogen and oxygen atoms in total. The number of carbonyl (C=O) groups excluding carboxylic acids is 2. The van der Waals surface area contributed by atoms with Crippen molar-refractivity contribution in [2.45, 2.75) is 39.2 Å². The first kappa shape index (κ1) is 13.8. The first-order valence-corrected chi connectivity index (χ1v) is 7.30. The summed E-state index contributed by atoms with van der Waals surface area (Å²) in [6, 6.07) is -0.0161. The van der Waals surface area contributed by atoms with Crippen LogP contribution in [-0.4, -0.2) is 48.3 Å². The van der Waals surface area contributed by atoms with Gasteiger partial charge in [0.15, 0.2) is 0 Å². The van der Waals surface area contributed by atoms with E-state index < -0.39 is 5.41 Å². The Balaban J connectivity index is 2.07. The molecular formula is C13H22ClN2O2+. The summed E-state index contributed by atoms with van der Waals surface area (Å²) in [4.78, 5) is 27.4. The van der Waals surface area contributed by atoms with Crippen molar-refractivity contribution < 1.29 is 14.5 Å². The molecule has 0 unspecified atom stereocenters. The number of rotatable bonds is 3. The van der Waals surface area contributed by atoms with Crippen molar-refractivity contribution in [3.8, 4) is 0 Å². The Morgan fingerprint density at radius 3 is 2.39 bits per heavy atom. The topological polar surface area (TPSA) is 41.8 Å². The van der Waals surface area contributed by atoms with Crippen LogP contribution >= 0.6 is 11.6 Å². The molecule has 0 aromatic rings. The number of likely N-dealkylation sites (tertiary alicyclic amines) is 2. The molecule has 5 heteroatoms. The van der Waals surface area contributed by atoms with Crippen molar-refractivity contribution in [3.05, 3.63) is 0 Å². The summed E-state index contributed by atoms with van der Waals surface area (Å²) in [5, 5.41) is 0. The summed E-state index contributed by atoms with van der Waals surface area (Å²) in [5.74, 6) is 0.732. The molecule has 2 amide bonds. The smallest absolute Gasteiger partial charge is 0.236 e. The lowest BCUT2D eigenvalue weighted by atomic mass is 9.77. The van der Waals surface area contributed by atoms with Crippen LogP contribution in [0.4, 0.5) is 0 Å². The highest BCUT2D eigenvalue weighted by atomic mass is 35.5. The molecule has 2 saturated heterocycles. The standard InChI is InChI=1S/C13H21ClN2O2/c1-10(2)16-11(17)9-13(12(16)18)3-6-15(7-4-13)8-5-14/h10H,3-9H2,1-2H3/p+1. The number of piperidine rings is 1. The summed E-state index contributed by atoms with van der Waals surface area (Å²) in [6.07, 6.45) is 2.07. The van der Waals surface area contributed by atoms with Gasteiger partial charge in [-0.05, 0) is 13.8 Å². The normalized spacial score (nSPS) is 32.9. The molecule has 0 aromatic carbocycles. The number of imide groups is 1. The lowest BCUT2D eigenvalue weighted by Crippen LogP contribution is -3.13. The van der Waals surface area contributed by atoms with E-state index in [0.29, 0.717) is 12.3 Å². The highest BCUT2D eigenvalue weighted by Gasteiger charge is 2.54. The van der Waals surface area contributed by atoms with Gasteiger partial charge in [0.2, 0.25) is 11.8 Å². The van der Waals surface area contributed by atoms with Gasteiger partial charge in [0.05, 0.1) is 30.9 Å². The van der Waals surface area contributed by atoms with E-state index in [0.717, 1.165) is 32.5 Å². The maximum absolute atomic E-state index is 12.5. The van der Waals surface area contributed by atoms with Crippen LogP contribution in [0.1, 0.15) is 33.1 Å². The monoisotopic (exact) mass is 273 g/mol. The molecular weight excluding hydrogens is 252 g/mol. The largest absolute Gasteiger partial charge is 0.334 e. The van der Waals surface area contributed by atoms with Gasteiger partial charge in [0.25, 0.3) is 0 Å².